The fraction of sp³-hybridized carbons (Fsp3) is 0.682. The molecule has 0 radical (unpaired) electrons. The molecular weight excluding hydrogens is 358 g/mol. The van der Waals surface area contributed by atoms with E-state index < -0.39 is 0 Å². The van der Waals surface area contributed by atoms with Crippen LogP contribution in [-0.4, -0.2) is 53.6 Å². The number of nitrogens with one attached hydrogen (secondary N) is 1. The van der Waals surface area contributed by atoms with Crippen LogP contribution in [-0.2, 0) is 4.79 Å². The molecule has 3 fully saturated rings. The van der Waals surface area contributed by atoms with Crippen molar-refractivity contribution in [2.75, 3.05) is 26.3 Å². The van der Waals surface area contributed by atoms with Crippen LogP contribution in [0.2, 0.25) is 5.02 Å². The number of halogens is 1. The van der Waals surface area contributed by atoms with Crippen molar-refractivity contribution < 1.29 is 4.79 Å². The highest BCUT2D eigenvalue weighted by atomic mass is 35.5. The molecule has 5 heteroatoms. The van der Waals surface area contributed by atoms with Gasteiger partial charge < -0.3 is 5.32 Å². The van der Waals surface area contributed by atoms with Gasteiger partial charge in [0.25, 0.3) is 0 Å². The van der Waals surface area contributed by atoms with Gasteiger partial charge in [0.1, 0.15) is 5.54 Å². The van der Waals surface area contributed by atoms with Crippen LogP contribution in [0.4, 0.5) is 0 Å². The third kappa shape index (κ3) is 3.64. The molecule has 2 heterocycles. The van der Waals surface area contributed by atoms with E-state index in [9.17, 15) is 4.79 Å². The lowest BCUT2D eigenvalue weighted by Gasteiger charge is -2.47. The van der Waals surface area contributed by atoms with E-state index in [4.69, 9.17) is 11.6 Å². The van der Waals surface area contributed by atoms with E-state index in [1.54, 1.807) is 0 Å². The van der Waals surface area contributed by atoms with Crippen molar-refractivity contribution in [2.45, 2.75) is 69.4 Å². The Morgan fingerprint density at radius 2 is 1.85 bits per heavy atom. The summed E-state index contributed by atoms with van der Waals surface area (Å²) >= 11 is 6.11. The summed E-state index contributed by atoms with van der Waals surface area (Å²) in [6, 6.07) is 9.08. The molecule has 148 valence electrons. The third-order valence-electron chi connectivity index (χ3n) is 7.07. The minimum Gasteiger partial charge on any atom is -0.342 e. The number of nitrogens with zero attached hydrogens (tertiary/aromatic N) is 2. The molecule has 1 saturated carbocycles. The summed E-state index contributed by atoms with van der Waals surface area (Å²) in [6.45, 7) is 5.99. The van der Waals surface area contributed by atoms with Gasteiger partial charge in [0.05, 0.1) is 6.67 Å². The molecule has 2 aliphatic heterocycles. The van der Waals surface area contributed by atoms with E-state index in [2.05, 4.69) is 34.2 Å². The van der Waals surface area contributed by atoms with E-state index in [1.165, 1.54) is 31.2 Å². The second-order valence-electron chi connectivity index (χ2n) is 8.50. The minimum absolute atomic E-state index is 0.253. The summed E-state index contributed by atoms with van der Waals surface area (Å²) in [5.74, 6) is 0.850. The van der Waals surface area contributed by atoms with Crippen molar-refractivity contribution in [3.05, 3.63) is 34.9 Å². The van der Waals surface area contributed by atoms with Gasteiger partial charge in [-0.25, -0.2) is 0 Å². The molecule has 0 bridgehead atoms. The molecule has 1 amide bonds. The van der Waals surface area contributed by atoms with Crippen molar-refractivity contribution in [3.8, 4) is 0 Å². The van der Waals surface area contributed by atoms with Crippen molar-refractivity contribution in [2.24, 2.45) is 0 Å². The average molecular weight is 390 g/mol. The van der Waals surface area contributed by atoms with Crippen molar-refractivity contribution in [1.82, 2.24) is 15.1 Å². The monoisotopic (exact) mass is 389 g/mol. The molecule has 3 aliphatic rings. The zero-order valence-corrected chi connectivity index (χ0v) is 17.2. The van der Waals surface area contributed by atoms with Crippen LogP contribution in [0, 0.1) is 0 Å². The second-order valence-corrected chi connectivity index (χ2v) is 8.94. The molecule has 1 spiro atoms. The quantitative estimate of drug-likeness (QED) is 0.845. The first-order valence-corrected chi connectivity index (χ1v) is 11.0. The summed E-state index contributed by atoms with van der Waals surface area (Å²) in [5.41, 5.74) is 1.17. The number of carbonyl (C=O) groups is 1. The zero-order chi connectivity index (χ0) is 18.9. The molecule has 1 aromatic carbocycles. The Kier molecular flexibility index (Phi) is 5.77. The summed E-state index contributed by atoms with van der Waals surface area (Å²) < 4.78 is 0. The van der Waals surface area contributed by atoms with Gasteiger partial charge in [-0.3, -0.25) is 14.6 Å². The molecule has 0 aromatic heterocycles. The molecular formula is C22H32ClN3O. The fourth-order valence-electron chi connectivity index (χ4n) is 5.61. The molecule has 1 aliphatic carbocycles. The predicted octanol–water partition coefficient (Wildman–Crippen LogP) is 4.00. The Balaban J connectivity index is 1.47. The molecule has 27 heavy (non-hydrogen) atoms. The topological polar surface area (TPSA) is 35.6 Å². The van der Waals surface area contributed by atoms with Crippen LogP contribution >= 0.6 is 11.6 Å². The van der Waals surface area contributed by atoms with Gasteiger partial charge in [0.2, 0.25) is 5.91 Å². The molecule has 4 rings (SSSR count). The largest absolute Gasteiger partial charge is 0.342 e. The average Bonchev–Trinajstić information content (AvgIpc) is 2.99. The van der Waals surface area contributed by atoms with Crippen molar-refractivity contribution in [3.63, 3.8) is 0 Å². The Morgan fingerprint density at radius 3 is 2.56 bits per heavy atom. The van der Waals surface area contributed by atoms with Crippen molar-refractivity contribution >= 4 is 17.5 Å². The van der Waals surface area contributed by atoms with Gasteiger partial charge in [-0.05, 0) is 55.7 Å². The molecule has 2 atom stereocenters. The number of piperidine rings is 1. The fourth-order valence-corrected chi connectivity index (χ4v) is 5.73. The van der Waals surface area contributed by atoms with Gasteiger partial charge in [0.15, 0.2) is 0 Å². The highest BCUT2D eigenvalue weighted by molar-refractivity contribution is 6.30. The van der Waals surface area contributed by atoms with E-state index in [0.29, 0.717) is 12.0 Å². The molecule has 4 nitrogen and oxygen atoms in total. The van der Waals surface area contributed by atoms with Gasteiger partial charge in [-0.2, -0.15) is 0 Å². The number of hydrogen-bond acceptors (Lipinski definition) is 3. The van der Waals surface area contributed by atoms with Crippen LogP contribution in [0.25, 0.3) is 0 Å². The van der Waals surface area contributed by atoms with E-state index in [1.807, 2.05) is 12.1 Å². The second kappa shape index (κ2) is 8.10. The van der Waals surface area contributed by atoms with E-state index in [-0.39, 0.29) is 11.4 Å². The number of benzene rings is 1. The normalized spacial score (nSPS) is 29.2. The van der Waals surface area contributed by atoms with Gasteiger partial charge in [0, 0.05) is 30.7 Å². The third-order valence-corrected chi connectivity index (χ3v) is 7.33. The lowest BCUT2D eigenvalue weighted by Crippen LogP contribution is -2.58. The van der Waals surface area contributed by atoms with Gasteiger partial charge in [-0.1, -0.05) is 43.5 Å². The molecule has 2 saturated heterocycles. The number of rotatable bonds is 4. The maximum absolute atomic E-state index is 12.7. The van der Waals surface area contributed by atoms with E-state index in [0.717, 1.165) is 50.6 Å². The Hall–Kier alpha value is -1.10. The van der Waals surface area contributed by atoms with Crippen LogP contribution in [0.3, 0.4) is 0 Å². The maximum atomic E-state index is 12.7. The highest BCUT2D eigenvalue weighted by Crippen LogP contribution is 2.40. The summed E-state index contributed by atoms with van der Waals surface area (Å²) in [6.07, 6.45) is 8.18. The predicted molar refractivity (Wildman–Crippen MR) is 110 cm³/mol. The Morgan fingerprint density at radius 1 is 1.15 bits per heavy atom. The highest BCUT2D eigenvalue weighted by Gasteiger charge is 2.50. The first-order valence-electron chi connectivity index (χ1n) is 10.7. The lowest BCUT2D eigenvalue weighted by atomic mass is 9.77. The SMILES string of the molecule is CCCN1CNC(=O)C12CCN(C1CCCCC1c1ccc(Cl)cc1)CC2. The molecule has 1 N–H and O–H groups in total. The molecule has 2 unspecified atom stereocenters. The van der Waals surface area contributed by atoms with Crippen LogP contribution in [0.15, 0.2) is 24.3 Å². The van der Waals surface area contributed by atoms with Crippen LogP contribution < -0.4 is 5.32 Å². The van der Waals surface area contributed by atoms with Gasteiger partial charge in [-0.15, -0.1) is 0 Å². The first kappa shape index (κ1) is 19.2. The van der Waals surface area contributed by atoms with Crippen molar-refractivity contribution in [1.29, 1.82) is 0 Å². The smallest absolute Gasteiger partial charge is 0.241 e. The first-order chi connectivity index (χ1) is 13.1. The Labute approximate surface area is 168 Å². The van der Waals surface area contributed by atoms with Crippen LogP contribution in [0.5, 0.6) is 0 Å². The van der Waals surface area contributed by atoms with Crippen LogP contribution in [0.1, 0.15) is 63.4 Å². The Bertz CT molecular complexity index is 654. The summed E-state index contributed by atoms with van der Waals surface area (Å²) in [4.78, 5) is 17.7. The van der Waals surface area contributed by atoms with E-state index >= 15 is 0 Å². The standard InChI is InChI=1S/C22H32ClN3O/c1-2-13-26-16-24-21(27)22(26)11-14-25(15-12-22)20-6-4-3-5-19(20)17-7-9-18(23)10-8-17/h7-10,19-20H,2-6,11-16H2,1H3,(H,24,27). The van der Waals surface area contributed by atoms with Gasteiger partial charge >= 0.3 is 0 Å². The lowest BCUT2D eigenvalue weighted by molar-refractivity contribution is -0.129. The number of likely N-dealkylation sites (tertiary alicyclic amines) is 1. The molecule has 1 aromatic rings. The number of carbonyl (C=O) groups excluding carboxylic acids is 1. The minimum atomic E-state index is -0.253. The number of hydrogen-bond donors (Lipinski definition) is 1. The maximum Gasteiger partial charge on any atom is 0.241 e. The number of amides is 1. The summed E-state index contributed by atoms with van der Waals surface area (Å²) in [5, 5.41) is 3.92. The zero-order valence-electron chi connectivity index (χ0n) is 16.4. The summed E-state index contributed by atoms with van der Waals surface area (Å²) in [7, 11) is 0.